The highest BCUT2D eigenvalue weighted by molar-refractivity contribution is 6.36. The van der Waals surface area contributed by atoms with Crippen molar-refractivity contribution in [2.24, 2.45) is 0 Å². The number of hydrogen-bond donors (Lipinski definition) is 1. The van der Waals surface area contributed by atoms with Gasteiger partial charge >= 0.3 is 17.2 Å². The number of rotatable bonds is 3. The van der Waals surface area contributed by atoms with Crippen LogP contribution in [0.15, 0.2) is 12.7 Å². The number of carbonyl (C=O) groups excluding carboxylic acids is 1. The number of carbonyl (C=O) groups is 1. The molecule has 0 rings (SSSR count). The van der Waals surface area contributed by atoms with Gasteiger partial charge in [0.2, 0.25) is 0 Å². The molecule has 0 fully saturated rings. The molecule has 0 heterocycles. The first-order chi connectivity index (χ1) is 6.98. The lowest BCUT2D eigenvalue weighted by Gasteiger charge is -2.29. The first-order valence-electron chi connectivity index (χ1n) is 3.70. The Morgan fingerprint density at radius 1 is 1.19 bits per heavy atom. The van der Waals surface area contributed by atoms with Gasteiger partial charge in [-0.05, 0) is 0 Å². The van der Waals surface area contributed by atoms with E-state index >= 15 is 0 Å². The number of amides is 1. The quantitative estimate of drug-likeness (QED) is 0.476. The highest BCUT2D eigenvalue weighted by Gasteiger charge is 2.75. The van der Waals surface area contributed by atoms with Gasteiger partial charge in [0.25, 0.3) is 5.91 Å². The normalized spacial score (nSPS) is 13.4. The Bertz CT molecular complexity index is 270. The molecular formula is C7H6ClF6NO. The first-order valence-corrected chi connectivity index (χ1v) is 4.08. The van der Waals surface area contributed by atoms with Gasteiger partial charge in [-0.25, -0.2) is 0 Å². The fourth-order valence-electron chi connectivity index (χ4n) is 0.705. The lowest BCUT2D eigenvalue weighted by molar-refractivity contribution is -0.260. The number of hydrogen-bond acceptors (Lipinski definition) is 1. The predicted octanol–water partition coefficient (Wildman–Crippen LogP) is 2.39. The molecule has 0 spiro atoms. The van der Waals surface area contributed by atoms with E-state index in [0.717, 1.165) is 6.08 Å². The van der Waals surface area contributed by atoms with Crippen LogP contribution in [0.5, 0.6) is 0 Å². The molecular weight excluding hydrogens is 264 g/mol. The summed E-state index contributed by atoms with van der Waals surface area (Å²) in [5, 5.41) is 1.36. The van der Waals surface area contributed by atoms with Crippen LogP contribution in [0.4, 0.5) is 26.3 Å². The zero-order valence-electron chi connectivity index (χ0n) is 7.55. The van der Waals surface area contributed by atoms with Crippen molar-refractivity contribution in [1.82, 2.24) is 5.32 Å². The van der Waals surface area contributed by atoms with E-state index in [9.17, 15) is 31.1 Å². The Kier molecular flexibility index (Phi) is 4.26. The van der Waals surface area contributed by atoms with E-state index in [1.54, 1.807) is 0 Å². The molecule has 0 aromatic carbocycles. The third-order valence-corrected chi connectivity index (χ3v) is 2.10. The summed E-state index contributed by atoms with van der Waals surface area (Å²) in [5.41, 5.74) is 0. The minimum atomic E-state index is -5.95. The molecule has 2 nitrogen and oxygen atoms in total. The Morgan fingerprint density at radius 3 is 1.81 bits per heavy atom. The summed E-state index contributed by atoms with van der Waals surface area (Å²) in [6.07, 6.45) is -11.0. The Hall–Kier alpha value is -0.920. The van der Waals surface area contributed by atoms with Crippen LogP contribution < -0.4 is 5.32 Å². The third-order valence-electron chi connectivity index (χ3n) is 1.50. The van der Waals surface area contributed by atoms with Gasteiger partial charge in [-0.3, -0.25) is 4.79 Å². The molecule has 1 N–H and O–H groups in total. The lowest BCUT2D eigenvalue weighted by Crippen LogP contribution is -2.61. The Morgan fingerprint density at radius 2 is 1.56 bits per heavy atom. The summed E-state index contributed by atoms with van der Waals surface area (Å²) in [6, 6.07) is 0. The second kappa shape index (κ2) is 4.52. The van der Waals surface area contributed by atoms with Crippen LogP contribution >= 0.6 is 11.6 Å². The maximum absolute atomic E-state index is 12.1. The Balaban J connectivity index is 5.27. The molecule has 0 aromatic rings. The standard InChI is InChI=1S/C7H6ClF6NO/c1-2-3-15-4(16)5(8,6(9,10)11)7(12,13)14/h2H,1,3H2,(H,15,16). The third kappa shape index (κ3) is 2.60. The summed E-state index contributed by atoms with van der Waals surface area (Å²) >= 11 is 4.38. The molecule has 0 aromatic heterocycles. The number of halogens is 7. The largest absolute Gasteiger partial charge is 0.425 e. The summed E-state index contributed by atoms with van der Waals surface area (Å²) in [4.78, 5) is 5.84. The van der Waals surface area contributed by atoms with Crippen molar-refractivity contribution in [3.63, 3.8) is 0 Å². The fourth-order valence-corrected chi connectivity index (χ4v) is 0.772. The molecule has 0 aliphatic heterocycles. The van der Waals surface area contributed by atoms with Crippen LogP contribution in [0.25, 0.3) is 0 Å². The van der Waals surface area contributed by atoms with Gasteiger partial charge in [0, 0.05) is 6.54 Å². The van der Waals surface area contributed by atoms with Crippen molar-refractivity contribution in [3.8, 4) is 0 Å². The maximum atomic E-state index is 12.1. The predicted molar refractivity (Wildman–Crippen MR) is 43.9 cm³/mol. The number of alkyl halides is 7. The molecule has 94 valence electrons. The molecule has 0 unspecified atom stereocenters. The van der Waals surface area contributed by atoms with Crippen molar-refractivity contribution >= 4 is 17.5 Å². The van der Waals surface area contributed by atoms with Crippen LogP contribution in [-0.4, -0.2) is 29.7 Å². The monoisotopic (exact) mass is 269 g/mol. The van der Waals surface area contributed by atoms with E-state index in [-0.39, 0.29) is 0 Å². The van der Waals surface area contributed by atoms with E-state index in [1.165, 1.54) is 5.32 Å². The molecule has 0 saturated carbocycles. The van der Waals surface area contributed by atoms with Crippen molar-refractivity contribution in [1.29, 1.82) is 0 Å². The van der Waals surface area contributed by atoms with Crippen LogP contribution in [0.1, 0.15) is 0 Å². The second-order valence-electron chi connectivity index (χ2n) is 2.65. The minimum Gasteiger partial charge on any atom is -0.350 e. The van der Waals surface area contributed by atoms with Gasteiger partial charge in [-0.2, -0.15) is 26.3 Å². The summed E-state index contributed by atoms with van der Waals surface area (Å²) in [5.74, 6) is -2.38. The molecule has 0 aliphatic carbocycles. The van der Waals surface area contributed by atoms with Crippen LogP contribution in [0.3, 0.4) is 0 Å². The SMILES string of the molecule is C=CCNC(=O)C(Cl)(C(F)(F)F)C(F)(F)F. The number of nitrogens with one attached hydrogen (secondary N) is 1. The topological polar surface area (TPSA) is 29.1 Å². The summed E-state index contributed by atoms with van der Waals surface area (Å²) in [7, 11) is 0. The average molecular weight is 270 g/mol. The Labute approximate surface area is 91.2 Å². The second-order valence-corrected chi connectivity index (χ2v) is 3.22. The van der Waals surface area contributed by atoms with Crippen LogP contribution in [0, 0.1) is 0 Å². The van der Waals surface area contributed by atoms with E-state index in [1.807, 2.05) is 0 Å². The van der Waals surface area contributed by atoms with Gasteiger partial charge in [-0.1, -0.05) is 17.7 Å². The average Bonchev–Trinajstić information content (AvgIpc) is 2.08. The van der Waals surface area contributed by atoms with Gasteiger partial charge in [0.05, 0.1) is 0 Å². The molecule has 9 heteroatoms. The highest BCUT2D eigenvalue weighted by atomic mass is 35.5. The van der Waals surface area contributed by atoms with Crippen molar-refractivity contribution in [2.45, 2.75) is 17.2 Å². The molecule has 0 saturated heterocycles. The van der Waals surface area contributed by atoms with Gasteiger partial charge < -0.3 is 5.32 Å². The summed E-state index contributed by atoms with van der Waals surface area (Å²) in [6.45, 7) is 2.46. The van der Waals surface area contributed by atoms with E-state index in [2.05, 4.69) is 18.2 Å². The van der Waals surface area contributed by atoms with E-state index < -0.39 is 29.7 Å². The molecule has 16 heavy (non-hydrogen) atoms. The first kappa shape index (κ1) is 15.1. The lowest BCUT2D eigenvalue weighted by atomic mass is 10.1. The van der Waals surface area contributed by atoms with Crippen molar-refractivity contribution in [3.05, 3.63) is 12.7 Å². The van der Waals surface area contributed by atoms with Crippen LogP contribution in [0.2, 0.25) is 0 Å². The maximum Gasteiger partial charge on any atom is 0.425 e. The highest BCUT2D eigenvalue weighted by Crippen LogP contribution is 2.48. The molecule has 0 atom stereocenters. The van der Waals surface area contributed by atoms with Crippen LogP contribution in [-0.2, 0) is 4.79 Å². The van der Waals surface area contributed by atoms with Gasteiger partial charge in [0.15, 0.2) is 0 Å². The van der Waals surface area contributed by atoms with Crippen molar-refractivity contribution in [2.75, 3.05) is 6.54 Å². The van der Waals surface area contributed by atoms with E-state index in [0.29, 0.717) is 0 Å². The fraction of sp³-hybridized carbons (Fsp3) is 0.571. The zero-order chi connectivity index (χ0) is 13.2. The molecule has 0 bridgehead atoms. The summed E-state index contributed by atoms with van der Waals surface area (Å²) < 4.78 is 72.8. The zero-order valence-corrected chi connectivity index (χ0v) is 8.30. The van der Waals surface area contributed by atoms with Gasteiger partial charge in [-0.15, -0.1) is 6.58 Å². The molecule has 0 aliphatic rings. The van der Waals surface area contributed by atoms with E-state index in [4.69, 9.17) is 0 Å². The molecule has 1 amide bonds. The molecule has 0 radical (unpaired) electrons. The smallest absolute Gasteiger partial charge is 0.350 e. The minimum absolute atomic E-state index is 0.556. The van der Waals surface area contributed by atoms with Gasteiger partial charge in [0.1, 0.15) is 0 Å². The van der Waals surface area contributed by atoms with Crippen molar-refractivity contribution < 1.29 is 31.1 Å².